The van der Waals surface area contributed by atoms with Crippen LogP contribution < -0.4 is 5.32 Å². The molecule has 1 aliphatic rings. The Balaban J connectivity index is 2.04. The predicted octanol–water partition coefficient (Wildman–Crippen LogP) is 1.36. The second-order valence-electron chi connectivity index (χ2n) is 3.67. The zero-order valence-electron chi connectivity index (χ0n) is 8.70. The molecule has 6 heteroatoms. The predicted molar refractivity (Wildman–Crippen MR) is 62.8 cm³/mol. The summed E-state index contributed by atoms with van der Waals surface area (Å²) in [5, 5.41) is 4.88. The summed E-state index contributed by atoms with van der Waals surface area (Å²) in [4.78, 5) is 25.4. The molecule has 0 unspecified atom stereocenters. The van der Waals surface area contributed by atoms with Gasteiger partial charge in [0.2, 0.25) is 5.91 Å². The van der Waals surface area contributed by atoms with E-state index in [-0.39, 0.29) is 11.8 Å². The molecule has 1 atom stereocenters. The van der Waals surface area contributed by atoms with Crippen LogP contribution in [-0.2, 0) is 4.79 Å². The van der Waals surface area contributed by atoms with Gasteiger partial charge in [-0.25, -0.2) is 0 Å². The van der Waals surface area contributed by atoms with Crippen molar-refractivity contribution in [3.63, 3.8) is 0 Å². The standard InChI is InChI=1S/C10H11ClN2O2S/c1-13-4-2-7(10(13)15)12-9(14)8-6(11)3-5-16-8/h3,5,7H,2,4H2,1H3,(H,12,14)/t7-/m1/s1. The van der Waals surface area contributed by atoms with Gasteiger partial charge in [0.05, 0.1) is 5.02 Å². The van der Waals surface area contributed by atoms with Crippen molar-refractivity contribution in [3.8, 4) is 0 Å². The summed E-state index contributed by atoms with van der Waals surface area (Å²) in [5.74, 6) is -0.310. The molecule has 16 heavy (non-hydrogen) atoms. The summed E-state index contributed by atoms with van der Waals surface area (Å²) < 4.78 is 0. The third-order valence-corrected chi connectivity index (χ3v) is 3.90. The van der Waals surface area contributed by atoms with Crippen LogP contribution in [0.15, 0.2) is 11.4 Å². The number of hydrogen-bond acceptors (Lipinski definition) is 3. The van der Waals surface area contributed by atoms with Crippen LogP contribution in [0.3, 0.4) is 0 Å². The Morgan fingerprint density at radius 1 is 1.69 bits per heavy atom. The Hall–Kier alpha value is -1.07. The minimum absolute atomic E-state index is 0.0407. The van der Waals surface area contributed by atoms with Crippen molar-refractivity contribution < 1.29 is 9.59 Å². The van der Waals surface area contributed by atoms with Crippen molar-refractivity contribution in [2.75, 3.05) is 13.6 Å². The molecular formula is C10H11ClN2O2S. The summed E-state index contributed by atoms with van der Waals surface area (Å²) in [6.07, 6.45) is 0.657. The highest BCUT2D eigenvalue weighted by Gasteiger charge is 2.30. The van der Waals surface area contributed by atoms with Crippen LogP contribution >= 0.6 is 22.9 Å². The Labute approximate surface area is 102 Å². The molecule has 1 fully saturated rings. The van der Waals surface area contributed by atoms with Crippen molar-refractivity contribution in [3.05, 3.63) is 21.3 Å². The molecule has 2 heterocycles. The quantitative estimate of drug-likeness (QED) is 0.871. The minimum atomic E-state index is -0.407. The van der Waals surface area contributed by atoms with Crippen LogP contribution in [0, 0.1) is 0 Å². The van der Waals surface area contributed by atoms with Gasteiger partial charge in [-0.3, -0.25) is 9.59 Å². The van der Waals surface area contributed by atoms with E-state index < -0.39 is 6.04 Å². The zero-order chi connectivity index (χ0) is 11.7. The van der Waals surface area contributed by atoms with Crippen LogP contribution in [0.25, 0.3) is 0 Å². The van der Waals surface area contributed by atoms with Gasteiger partial charge in [0.1, 0.15) is 10.9 Å². The SMILES string of the molecule is CN1CC[C@@H](NC(=O)c2sccc2Cl)C1=O. The summed E-state index contributed by atoms with van der Waals surface area (Å²) >= 11 is 7.11. The van der Waals surface area contributed by atoms with Gasteiger partial charge in [-0.05, 0) is 17.9 Å². The highest BCUT2D eigenvalue weighted by atomic mass is 35.5. The molecule has 0 radical (unpaired) electrons. The first-order valence-electron chi connectivity index (χ1n) is 4.88. The van der Waals surface area contributed by atoms with Crippen LogP contribution in [0.4, 0.5) is 0 Å². The van der Waals surface area contributed by atoms with Crippen molar-refractivity contribution in [2.45, 2.75) is 12.5 Å². The van der Waals surface area contributed by atoms with Crippen molar-refractivity contribution >= 4 is 34.8 Å². The van der Waals surface area contributed by atoms with Gasteiger partial charge in [-0.15, -0.1) is 11.3 Å². The zero-order valence-corrected chi connectivity index (χ0v) is 10.3. The average Bonchev–Trinajstić information content (AvgIpc) is 2.79. The van der Waals surface area contributed by atoms with Gasteiger partial charge in [-0.1, -0.05) is 11.6 Å². The van der Waals surface area contributed by atoms with E-state index in [1.54, 1.807) is 23.4 Å². The fraction of sp³-hybridized carbons (Fsp3) is 0.400. The van der Waals surface area contributed by atoms with Crippen molar-refractivity contribution in [1.82, 2.24) is 10.2 Å². The lowest BCUT2D eigenvalue weighted by Gasteiger charge is -2.11. The lowest BCUT2D eigenvalue weighted by atomic mass is 10.2. The number of amides is 2. The molecule has 1 aromatic heterocycles. The number of carbonyl (C=O) groups is 2. The molecule has 86 valence electrons. The number of rotatable bonds is 2. The number of halogens is 1. The molecule has 2 rings (SSSR count). The van der Waals surface area contributed by atoms with Gasteiger partial charge in [0.25, 0.3) is 5.91 Å². The smallest absolute Gasteiger partial charge is 0.263 e. The summed E-state index contributed by atoms with van der Waals surface area (Å²) in [6.45, 7) is 0.682. The van der Waals surface area contributed by atoms with Crippen LogP contribution in [0.2, 0.25) is 5.02 Å². The lowest BCUT2D eigenvalue weighted by Crippen LogP contribution is -2.40. The monoisotopic (exact) mass is 258 g/mol. The molecular weight excluding hydrogens is 248 g/mol. The van der Waals surface area contributed by atoms with Crippen molar-refractivity contribution in [2.24, 2.45) is 0 Å². The maximum absolute atomic E-state index is 11.8. The number of nitrogens with zero attached hydrogens (tertiary/aromatic N) is 1. The topological polar surface area (TPSA) is 49.4 Å². The van der Waals surface area contributed by atoms with E-state index in [9.17, 15) is 9.59 Å². The second-order valence-corrected chi connectivity index (χ2v) is 5.00. The van der Waals surface area contributed by atoms with E-state index in [1.165, 1.54) is 11.3 Å². The fourth-order valence-corrected chi connectivity index (χ4v) is 2.68. The summed E-state index contributed by atoms with van der Waals surface area (Å²) in [7, 11) is 1.73. The first-order valence-corrected chi connectivity index (χ1v) is 6.14. The van der Waals surface area contributed by atoms with Gasteiger partial charge in [0, 0.05) is 13.6 Å². The molecule has 0 saturated carbocycles. The highest BCUT2D eigenvalue weighted by molar-refractivity contribution is 7.12. The molecule has 1 aliphatic heterocycles. The van der Waals surface area contributed by atoms with E-state index in [2.05, 4.69) is 5.32 Å². The van der Waals surface area contributed by atoms with Gasteiger partial charge < -0.3 is 10.2 Å². The van der Waals surface area contributed by atoms with E-state index in [0.29, 0.717) is 22.9 Å². The first-order chi connectivity index (χ1) is 7.59. The van der Waals surface area contributed by atoms with Gasteiger partial charge in [0.15, 0.2) is 0 Å². The number of nitrogens with one attached hydrogen (secondary N) is 1. The second kappa shape index (κ2) is 4.43. The number of hydrogen-bond donors (Lipinski definition) is 1. The van der Waals surface area contributed by atoms with Gasteiger partial charge >= 0.3 is 0 Å². The number of thiophene rings is 1. The number of likely N-dealkylation sites (tertiary alicyclic amines) is 1. The van der Waals surface area contributed by atoms with Crippen LogP contribution in [0.5, 0.6) is 0 Å². The lowest BCUT2D eigenvalue weighted by molar-refractivity contribution is -0.128. The normalized spacial score (nSPS) is 20.2. The highest BCUT2D eigenvalue weighted by Crippen LogP contribution is 2.22. The Morgan fingerprint density at radius 2 is 2.44 bits per heavy atom. The van der Waals surface area contributed by atoms with Crippen molar-refractivity contribution in [1.29, 1.82) is 0 Å². The van der Waals surface area contributed by atoms with E-state index in [0.717, 1.165) is 0 Å². The van der Waals surface area contributed by atoms with Crippen LogP contribution in [0.1, 0.15) is 16.1 Å². The molecule has 1 saturated heterocycles. The summed E-state index contributed by atoms with van der Waals surface area (Å²) in [5.41, 5.74) is 0. The Bertz CT molecular complexity index is 432. The Morgan fingerprint density at radius 3 is 2.94 bits per heavy atom. The number of carbonyl (C=O) groups excluding carboxylic acids is 2. The maximum Gasteiger partial charge on any atom is 0.263 e. The van der Waals surface area contributed by atoms with E-state index in [1.807, 2.05) is 0 Å². The largest absolute Gasteiger partial charge is 0.344 e. The van der Waals surface area contributed by atoms with Crippen LogP contribution in [-0.4, -0.2) is 36.3 Å². The third kappa shape index (κ3) is 2.05. The molecule has 0 bridgehead atoms. The molecule has 4 nitrogen and oxygen atoms in total. The number of likely N-dealkylation sites (N-methyl/N-ethyl adjacent to an activating group) is 1. The molecule has 0 spiro atoms. The molecule has 0 aliphatic carbocycles. The molecule has 1 N–H and O–H groups in total. The Kier molecular flexibility index (Phi) is 3.16. The molecule has 0 aromatic carbocycles. The van der Waals surface area contributed by atoms with E-state index >= 15 is 0 Å². The maximum atomic E-state index is 11.8. The third-order valence-electron chi connectivity index (χ3n) is 2.56. The average molecular weight is 259 g/mol. The first kappa shape index (κ1) is 11.4. The summed E-state index contributed by atoms with van der Waals surface area (Å²) in [6, 6.07) is 1.26. The van der Waals surface area contributed by atoms with E-state index in [4.69, 9.17) is 11.6 Å². The van der Waals surface area contributed by atoms with Gasteiger partial charge in [-0.2, -0.15) is 0 Å². The minimum Gasteiger partial charge on any atom is -0.344 e. The molecule has 1 aromatic rings. The fourth-order valence-electron chi connectivity index (χ4n) is 1.64. The molecule has 2 amide bonds.